The van der Waals surface area contributed by atoms with E-state index in [2.05, 4.69) is 6.92 Å². The number of likely N-dealkylation sites (tertiary alicyclic amines) is 1. The minimum absolute atomic E-state index is 0.0979. The molecule has 0 unspecified atom stereocenters. The number of hydrogen-bond donors (Lipinski definition) is 0. The highest BCUT2D eigenvalue weighted by atomic mass is 32.2. The van der Waals surface area contributed by atoms with Crippen LogP contribution in [0, 0.1) is 5.92 Å². The molecule has 0 saturated carbocycles. The first-order valence-electron chi connectivity index (χ1n) is 9.44. The van der Waals surface area contributed by atoms with Crippen LogP contribution in [-0.2, 0) is 9.59 Å². The molecule has 28 heavy (non-hydrogen) atoms. The lowest BCUT2D eigenvalue weighted by Gasteiger charge is -2.30. The highest BCUT2D eigenvalue weighted by Crippen LogP contribution is 2.36. The zero-order valence-electron chi connectivity index (χ0n) is 15.7. The van der Waals surface area contributed by atoms with Gasteiger partial charge in [-0.1, -0.05) is 37.0 Å². The minimum Gasteiger partial charge on any atom is -0.454 e. The van der Waals surface area contributed by atoms with Gasteiger partial charge in [0.15, 0.2) is 11.5 Å². The van der Waals surface area contributed by atoms with Crippen molar-refractivity contribution >= 4 is 46.2 Å². The molecule has 8 heteroatoms. The summed E-state index contributed by atoms with van der Waals surface area (Å²) in [5.41, 5.74) is 0.850. The molecule has 0 aliphatic carbocycles. The van der Waals surface area contributed by atoms with Crippen LogP contribution in [0.5, 0.6) is 11.5 Å². The van der Waals surface area contributed by atoms with Gasteiger partial charge in [-0.25, -0.2) is 0 Å². The zero-order valence-corrected chi connectivity index (χ0v) is 17.3. The molecule has 3 aliphatic rings. The average Bonchev–Trinajstić information content (AvgIpc) is 3.25. The molecule has 1 aromatic rings. The van der Waals surface area contributed by atoms with Crippen molar-refractivity contribution in [3.8, 4) is 11.5 Å². The Labute approximate surface area is 173 Å². The minimum atomic E-state index is -0.146. The summed E-state index contributed by atoms with van der Waals surface area (Å²) < 4.78 is 11.2. The van der Waals surface area contributed by atoms with Gasteiger partial charge in [0.25, 0.3) is 5.91 Å². The second-order valence-corrected chi connectivity index (χ2v) is 8.94. The largest absolute Gasteiger partial charge is 0.454 e. The monoisotopic (exact) mass is 418 g/mol. The van der Waals surface area contributed by atoms with Crippen LogP contribution in [0.3, 0.4) is 0 Å². The lowest BCUT2D eigenvalue weighted by Crippen LogP contribution is -2.40. The molecule has 148 valence electrons. The Hall–Kier alpha value is -2.06. The fourth-order valence-electron chi connectivity index (χ4n) is 3.47. The highest BCUT2D eigenvalue weighted by Gasteiger charge is 2.33. The normalized spacial score (nSPS) is 21.1. The Kier molecular flexibility index (Phi) is 5.59. The van der Waals surface area contributed by atoms with Gasteiger partial charge in [0, 0.05) is 26.1 Å². The van der Waals surface area contributed by atoms with Gasteiger partial charge in [0.2, 0.25) is 12.7 Å². The van der Waals surface area contributed by atoms with Crippen molar-refractivity contribution < 1.29 is 19.1 Å². The molecule has 0 radical (unpaired) electrons. The number of rotatable bonds is 4. The SMILES string of the molecule is CC1CCN(C(=O)CCN2C(=O)/C(=C/c3ccc4c(c3)OCO4)SC2=S)CC1. The van der Waals surface area contributed by atoms with E-state index in [1.54, 1.807) is 6.08 Å². The molecule has 0 N–H and O–H groups in total. The van der Waals surface area contributed by atoms with E-state index < -0.39 is 0 Å². The maximum Gasteiger partial charge on any atom is 0.266 e. The van der Waals surface area contributed by atoms with Gasteiger partial charge in [-0.15, -0.1) is 0 Å². The van der Waals surface area contributed by atoms with Crippen LogP contribution in [0.4, 0.5) is 0 Å². The second-order valence-electron chi connectivity index (χ2n) is 7.26. The van der Waals surface area contributed by atoms with Crippen LogP contribution in [0.15, 0.2) is 23.1 Å². The first kappa shape index (κ1) is 19.3. The van der Waals surface area contributed by atoms with Crippen molar-refractivity contribution in [1.82, 2.24) is 9.80 Å². The van der Waals surface area contributed by atoms with E-state index in [1.165, 1.54) is 16.7 Å². The molecule has 1 aromatic carbocycles. The Morgan fingerprint density at radius 2 is 2.04 bits per heavy atom. The third-order valence-corrected chi connectivity index (χ3v) is 6.63. The Balaban J connectivity index is 1.38. The third-order valence-electron chi connectivity index (χ3n) is 5.25. The molecular formula is C20H22N2O4S2. The van der Waals surface area contributed by atoms with Crippen molar-refractivity contribution in [1.29, 1.82) is 0 Å². The van der Waals surface area contributed by atoms with Crippen molar-refractivity contribution in [3.63, 3.8) is 0 Å². The number of carbonyl (C=O) groups excluding carboxylic acids is 2. The van der Waals surface area contributed by atoms with Crippen LogP contribution in [0.2, 0.25) is 0 Å². The van der Waals surface area contributed by atoms with Gasteiger partial charge < -0.3 is 14.4 Å². The summed E-state index contributed by atoms with van der Waals surface area (Å²) in [4.78, 5) is 29.2. The Morgan fingerprint density at radius 1 is 1.29 bits per heavy atom. The standard InChI is InChI=1S/C20H22N2O4S2/c1-13-4-7-21(8-5-13)18(23)6-9-22-19(24)17(28-20(22)27)11-14-2-3-15-16(10-14)26-12-25-15/h2-3,10-11,13H,4-9,12H2,1H3/b17-11-. The molecule has 0 aromatic heterocycles. The van der Waals surface area contributed by atoms with E-state index in [1.807, 2.05) is 23.1 Å². The molecule has 0 spiro atoms. The van der Waals surface area contributed by atoms with E-state index in [0.29, 0.717) is 39.6 Å². The number of carbonyl (C=O) groups is 2. The first-order valence-corrected chi connectivity index (χ1v) is 10.7. The van der Waals surface area contributed by atoms with E-state index in [4.69, 9.17) is 21.7 Å². The number of amides is 2. The quantitative estimate of drug-likeness (QED) is 0.553. The smallest absolute Gasteiger partial charge is 0.266 e. The summed E-state index contributed by atoms with van der Waals surface area (Å²) in [5.74, 6) is 2.01. The number of nitrogens with zero attached hydrogens (tertiary/aromatic N) is 2. The second kappa shape index (κ2) is 8.13. The van der Waals surface area contributed by atoms with Crippen LogP contribution < -0.4 is 9.47 Å². The molecule has 0 atom stereocenters. The van der Waals surface area contributed by atoms with Gasteiger partial charge in [-0.05, 0) is 42.5 Å². The Morgan fingerprint density at radius 3 is 2.82 bits per heavy atom. The van der Waals surface area contributed by atoms with Crippen LogP contribution in [-0.4, -0.2) is 52.4 Å². The molecule has 2 amide bonds. The molecule has 6 nitrogen and oxygen atoms in total. The number of hydrogen-bond acceptors (Lipinski definition) is 6. The van der Waals surface area contributed by atoms with Crippen molar-refractivity contribution in [2.75, 3.05) is 26.4 Å². The van der Waals surface area contributed by atoms with Crippen molar-refractivity contribution in [2.24, 2.45) is 5.92 Å². The number of ether oxygens (including phenoxy) is 2. The highest BCUT2D eigenvalue weighted by molar-refractivity contribution is 8.26. The van der Waals surface area contributed by atoms with E-state index in [-0.39, 0.29) is 18.6 Å². The third kappa shape index (κ3) is 4.03. The molecule has 2 saturated heterocycles. The lowest BCUT2D eigenvalue weighted by atomic mass is 9.99. The summed E-state index contributed by atoms with van der Waals surface area (Å²) in [7, 11) is 0. The van der Waals surface area contributed by atoms with Crippen molar-refractivity contribution in [3.05, 3.63) is 28.7 Å². The fraction of sp³-hybridized carbons (Fsp3) is 0.450. The first-order chi connectivity index (χ1) is 13.5. The molecular weight excluding hydrogens is 396 g/mol. The van der Waals surface area contributed by atoms with Crippen LogP contribution in [0.1, 0.15) is 31.7 Å². The number of piperidine rings is 1. The Bertz CT molecular complexity index is 847. The lowest BCUT2D eigenvalue weighted by molar-refractivity contribution is -0.133. The summed E-state index contributed by atoms with van der Waals surface area (Å²) >= 11 is 6.64. The number of fused-ring (bicyclic) bond motifs is 1. The topological polar surface area (TPSA) is 59.1 Å². The number of thiocarbonyl (C=S) groups is 1. The molecule has 3 aliphatic heterocycles. The molecule has 2 fully saturated rings. The van der Waals surface area contributed by atoms with E-state index in [0.717, 1.165) is 31.5 Å². The number of thioether (sulfide) groups is 1. The van der Waals surface area contributed by atoms with E-state index >= 15 is 0 Å². The van der Waals surface area contributed by atoms with Crippen LogP contribution >= 0.6 is 24.0 Å². The summed E-state index contributed by atoms with van der Waals surface area (Å²) in [6, 6.07) is 5.55. The zero-order chi connectivity index (χ0) is 19.7. The average molecular weight is 419 g/mol. The summed E-state index contributed by atoms with van der Waals surface area (Å²) in [6.07, 6.45) is 4.20. The fourth-order valence-corrected chi connectivity index (χ4v) is 4.78. The van der Waals surface area contributed by atoms with Gasteiger partial charge in [-0.2, -0.15) is 0 Å². The van der Waals surface area contributed by atoms with Crippen molar-refractivity contribution in [2.45, 2.75) is 26.2 Å². The summed E-state index contributed by atoms with van der Waals surface area (Å²) in [5, 5.41) is 0. The van der Waals surface area contributed by atoms with Gasteiger partial charge >= 0.3 is 0 Å². The predicted molar refractivity (Wildman–Crippen MR) is 112 cm³/mol. The maximum atomic E-state index is 12.8. The maximum absolute atomic E-state index is 12.8. The van der Waals surface area contributed by atoms with Gasteiger partial charge in [-0.3, -0.25) is 14.5 Å². The molecule has 3 heterocycles. The van der Waals surface area contributed by atoms with Gasteiger partial charge in [0.05, 0.1) is 4.91 Å². The molecule has 4 rings (SSSR count). The van der Waals surface area contributed by atoms with E-state index in [9.17, 15) is 9.59 Å². The van der Waals surface area contributed by atoms with Crippen LogP contribution in [0.25, 0.3) is 6.08 Å². The van der Waals surface area contributed by atoms with Gasteiger partial charge in [0.1, 0.15) is 4.32 Å². The summed E-state index contributed by atoms with van der Waals surface area (Å²) in [6.45, 7) is 4.37. The number of benzene rings is 1. The molecule has 0 bridgehead atoms. The predicted octanol–water partition coefficient (Wildman–Crippen LogP) is 3.27.